The molecule has 0 amide bonds. The SMILES string of the molecule is Cc1cc(C)c(C(O)CN(C)C2CCN(C)CC2)c(C)c1. The van der Waals surface area contributed by atoms with Gasteiger partial charge in [-0.25, -0.2) is 0 Å². The topological polar surface area (TPSA) is 26.7 Å². The fourth-order valence-electron chi connectivity index (χ4n) is 3.67. The Bertz CT molecular complexity index is 455. The van der Waals surface area contributed by atoms with Crippen LogP contribution < -0.4 is 0 Å². The van der Waals surface area contributed by atoms with E-state index in [1.807, 2.05) is 0 Å². The van der Waals surface area contributed by atoms with E-state index in [1.54, 1.807) is 0 Å². The summed E-state index contributed by atoms with van der Waals surface area (Å²) in [7, 11) is 4.34. The van der Waals surface area contributed by atoms with E-state index in [1.165, 1.54) is 29.5 Å². The van der Waals surface area contributed by atoms with E-state index in [9.17, 15) is 5.11 Å². The van der Waals surface area contributed by atoms with Crippen molar-refractivity contribution in [3.05, 3.63) is 34.4 Å². The zero-order valence-electron chi connectivity index (χ0n) is 14.2. The standard InChI is InChI=1S/C18H30N2O/c1-13-10-14(2)18(15(3)11-13)17(21)12-20(5)16-6-8-19(4)9-7-16/h10-11,16-17,21H,6-9,12H2,1-5H3. The minimum Gasteiger partial charge on any atom is -0.387 e. The number of rotatable bonds is 4. The van der Waals surface area contributed by atoms with Crippen molar-refractivity contribution in [1.82, 2.24) is 9.80 Å². The number of aryl methyl sites for hydroxylation is 3. The molecule has 118 valence electrons. The molecule has 1 N–H and O–H groups in total. The van der Waals surface area contributed by atoms with Gasteiger partial charge in [0.05, 0.1) is 6.10 Å². The van der Waals surface area contributed by atoms with Crippen LogP contribution in [0, 0.1) is 20.8 Å². The molecule has 1 unspecified atom stereocenters. The van der Waals surface area contributed by atoms with E-state index in [4.69, 9.17) is 0 Å². The summed E-state index contributed by atoms with van der Waals surface area (Å²) in [5.41, 5.74) is 4.79. The number of benzene rings is 1. The largest absolute Gasteiger partial charge is 0.387 e. The van der Waals surface area contributed by atoms with Gasteiger partial charge in [-0.3, -0.25) is 0 Å². The van der Waals surface area contributed by atoms with Gasteiger partial charge in [0, 0.05) is 12.6 Å². The average molecular weight is 290 g/mol. The van der Waals surface area contributed by atoms with Crippen LogP contribution in [-0.2, 0) is 0 Å². The zero-order chi connectivity index (χ0) is 15.6. The summed E-state index contributed by atoms with van der Waals surface area (Å²) in [5.74, 6) is 0. The predicted molar refractivity (Wildman–Crippen MR) is 88.8 cm³/mol. The molecule has 3 heteroatoms. The van der Waals surface area contributed by atoms with Crippen LogP contribution in [0.5, 0.6) is 0 Å². The van der Waals surface area contributed by atoms with Gasteiger partial charge in [-0.1, -0.05) is 17.7 Å². The summed E-state index contributed by atoms with van der Waals surface area (Å²) in [6.07, 6.45) is 2.01. The van der Waals surface area contributed by atoms with E-state index in [-0.39, 0.29) is 0 Å². The lowest BCUT2D eigenvalue weighted by Crippen LogP contribution is -2.43. The molecule has 1 aromatic carbocycles. The normalized spacial score (nSPS) is 19.2. The first-order chi connectivity index (χ1) is 9.88. The molecule has 0 radical (unpaired) electrons. The predicted octanol–water partition coefficient (Wildman–Crippen LogP) is 2.67. The Balaban J connectivity index is 2.02. The van der Waals surface area contributed by atoms with Crippen molar-refractivity contribution in [2.75, 3.05) is 33.7 Å². The van der Waals surface area contributed by atoms with Crippen LogP contribution in [-0.4, -0.2) is 54.7 Å². The van der Waals surface area contributed by atoms with Crippen LogP contribution in [0.3, 0.4) is 0 Å². The van der Waals surface area contributed by atoms with E-state index >= 15 is 0 Å². The second-order valence-corrected chi connectivity index (χ2v) is 6.80. The summed E-state index contributed by atoms with van der Waals surface area (Å²) < 4.78 is 0. The fourth-order valence-corrected chi connectivity index (χ4v) is 3.67. The van der Waals surface area contributed by atoms with Crippen molar-refractivity contribution < 1.29 is 5.11 Å². The molecule has 1 atom stereocenters. The van der Waals surface area contributed by atoms with Crippen LogP contribution in [0.1, 0.15) is 41.2 Å². The van der Waals surface area contributed by atoms with E-state index in [0.717, 1.165) is 25.2 Å². The summed E-state index contributed by atoms with van der Waals surface area (Å²) in [6, 6.07) is 4.93. The molecular formula is C18H30N2O. The van der Waals surface area contributed by atoms with Crippen molar-refractivity contribution >= 4 is 0 Å². The van der Waals surface area contributed by atoms with E-state index in [2.05, 4.69) is 56.8 Å². The Morgan fingerprint density at radius 3 is 2.24 bits per heavy atom. The van der Waals surface area contributed by atoms with E-state index < -0.39 is 6.10 Å². The molecule has 1 aliphatic heterocycles. The highest BCUT2D eigenvalue weighted by Crippen LogP contribution is 2.25. The summed E-state index contributed by atoms with van der Waals surface area (Å²) in [5, 5.41) is 10.7. The Hall–Kier alpha value is -0.900. The van der Waals surface area contributed by atoms with Crippen LogP contribution in [0.4, 0.5) is 0 Å². The van der Waals surface area contributed by atoms with Crippen molar-refractivity contribution in [2.24, 2.45) is 0 Å². The fraction of sp³-hybridized carbons (Fsp3) is 0.667. The molecule has 1 aromatic rings. The van der Waals surface area contributed by atoms with Gasteiger partial charge in [-0.15, -0.1) is 0 Å². The highest BCUT2D eigenvalue weighted by molar-refractivity contribution is 5.39. The molecule has 0 aromatic heterocycles. The third-order valence-corrected chi connectivity index (χ3v) is 4.84. The third kappa shape index (κ3) is 4.06. The van der Waals surface area contributed by atoms with Gasteiger partial charge in [0.15, 0.2) is 0 Å². The van der Waals surface area contributed by atoms with E-state index in [0.29, 0.717) is 6.04 Å². The Kier molecular flexibility index (Phi) is 5.42. The first-order valence-electron chi connectivity index (χ1n) is 8.03. The molecular weight excluding hydrogens is 260 g/mol. The molecule has 0 spiro atoms. The average Bonchev–Trinajstić information content (AvgIpc) is 2.37. The first-order valence-corrected chi connectivity index (χ1v) is 8.03. The molecule has 0 saturated carbocycles. The molecule has 1 heterocycles. The molecule has 0 aliphatic carbocycles. The Morgan fingerprint density at radius 1 is 1.19 bits per heavy atom. The number of nitrogens with zero attached hydrogens (tertiary/aromatic N) is 2. The number of likely N-dealkylation sites (tertiary alicyclic amines) is 1. The molecule has 1 aliphatic rings. The molecule has 21 heavy (non-hydrogen) atoms. The van der Waals surface area contributed by atoms with Gasteiger partial charge < -0.3 is 14.9 Å². The van der Waals surface area contributed by atoms with Crippen LogP contribution in [0.25, 0.3) is 0 Å². The van der Waals surface area contributed by atoms with Crippen LogP contribution in [0.2, 0.25) is 0 Å². The first kappa shape index (κ1) is 16.5. The van der Waals surface area contributed by atoms with Gasteiger partial charge in [0.25, 0.3) is 0 Å². The summed E-state index contributed by atoms with van der Waals surface area (Å²) >= 11 is 0. The Morgan fingerprint density at radius 2 is 1.71 bits per heavy atom. The maximum Gasteiger partial charge on any atom is 0.0922 e. The lowest BCUT2D eigenvalue weighted by Gasteiger charge is -2.36. The van der Waals surface area contributed by atoms with Crippen molar-refractivity contribution in [1.29, 1.82) is 0 Å². The van der Waals surface area contributed by atoms with Crippen LogP contribution >= 0.6 is 0 Å². The van der Waals surface area contributed by atoms with Crippen molar-refractivity contribution in [2.45, 2.75) is 45.8 Å². The second kappa shape index (κ2) is 6.91. The summed E-state index contributed by atoms with van der Waals surface area (Å²) in [6.45, 7) is 9.36. The zero-order valence-corrected chi connectivity index (χ0v) is 14.2. The van der Waals surface area contributed by atoms with Gasteiger partial charge >= 0.3 is 0 Å². The number of piperidine rings is 1. The molecule has 3 nitrogen and oxygen atoms in total. The number of hydrogen-bond acceptors (Lipinski definition) is 3. The lowest BCUT2D eigenvalue weighted by molar-refractivity contribution is 0.0782. The Labute approximate surface area is 129 Å². The lowest BCUT2D eigenvalue weighted by atomic mass is 9.94. The molecule has 0 bridgehead atoms. The maximum absolute atomic E-state index is 10.7. The van der Waals surface area contributed by atoms with Crippen molar-refractivity contribution in [3.8, 4) is 0 Å². The van der Waals surface area contributed by atoms with Gasteiger partial charge in [-0.2, -0.15) is 0 Å². The minimum absolute atomic E-state index is 0.393. The minimum atomic E-state index is -0.393. The monoisotopic (exact) mass is 290 g/mol. The smallest absolute Gasteiger partial charge is 0.0922 e. The number of likely N-dealkylation sites (N-methyl/N-ethyl adjacent to an activating group) is 1. The quantitative estimate of drug-likeness (QED) is 0.923. The van der Waals surface area contributed by atoms with Crippen LogP contribution in [0.15, 0.2) is 12.1 Å². The third-order valence-electron chi connectivity index (χ3n) is 4.84. The molecule has 1 saturated heterocycles. The highest BCUT2D eigenvalue weighted by Gasteiger charge is 2.23. The molecule has 1 fully saturated rings. The number of aliphatic hydroxyl groups excluding tert-OH is 1. The summed E-state index contributed by atoms with van der Waals surface area (Å²) in [4.78, 5) is 4.73. The molecule has 2 rings (SSSR count). The second-order valence-electron chi connectivity index (χ2n) is 6.80. The number of hydrogen-bond donors (Lipinski definition) is 1. The van der Waals surface area contributed by atoms with Crippen molar-refractivity contribution in [3.63, 3.8) is 0 Å². The number of aliphatic hydroxyl groups is 1. The van der Waals surface area contributed by atoms with Gasteiger partial charge in [0.2, 0.25) is 0 Å². The highest BCUT2D eigenvalue weighted by atomic mass is 16.3. The van der Waals surface area contributed by atoms with Gasteiger partial charge in [-0.05, 0) is 77.5 Å². The maximum atomic E-state index is 10.7. The van der Waals surface area contributed by atoms with Gasteiger partial charge in [0.1, 0.15) is 0 Å².